The summed E-state index contributed by atoms with van der Waals surface area (Å²) >= 11 is 0. The van der Waals surface area contributed by atoms with Crippen molar-refractivity contribution in [2.45, 2.75) is 118 Å². The number of Topliss-reactive ketones (excluding diaryl/α,β-unsaturated/α-hetero) is 1. The summed E-state index contributed by atoms with van der Waals surface area (Å²) in [7, 11) is 1.42. The molecule has 5 bridgehead atoms. The Morgan fingerprint density at radius 1 is 1.03 bits per heavy atom. The van der Waals surface area contributed by atoms with Crippen molar-refractivity contribution < 1.29 is 63.4 Å². The molecule has 0 saturated carbocycles. The molecular formula is C46H62N4O11. The van der Waals surface area contributed by atoms with Crippen LogP contribution in [-0.2, 0) is 23.8 Å². The summed E-state index contributed by atoms with van der Waals surface area (Å²) in [5.41, 5.74) is -1.11. The molecule has 0 radical (unpaired) electrons. The van der Waals surface area contributed by atoms with Gasteiger partial charge in [0.05, 0.1) is 41.2 Å². The number of aromatic hydroxyl groups is 2. The van der Waals surface area contributed by atoms with Gasteiger partial charge in [-0.15, -0.1) is 0 Å². The van der Waals surface area contributed by atoms with E-state index in [-0.39, 0.29) is 75.6 Å². The van der Waals surface area contributed by atoms with Crippen LogP contribution in [-0.4, -0.2) is 106 Å². The first-order valence-electron chi connectivity index (χ1n) is 24.0. The molecule has 15 heteroatoms. The normalized spacial score (nSPS) is 34.9. The van der Waals surface area contributed by atoms with E-state index in [4.69, 9.17) is 33.5 Å². The number of ketones is 1. The van der Waals surface area contributed by atoms with Crippen LogP contribution in [0.1, 0.15) is 101 Å². The highest BCUT2D eigenvalue weighted by Gasteiger charge is 2.51. The van der Waals surface area contributed by atoms with Crippen LogP contribution in [0.4, 0.5) is 5.69 Å². The van der Waals surface area contributed by atoms with E-state index >= 15 is 0 Å². The molecule has 2 aromatic rings. The van der Waals surface area contributed by atoms with Crippen LogP contribution in [0.5, 0.6) is 17.2 Å². The van der Waals surface area contributed by atoms with Gasteiger partial charge in [-0.3, -0.25) is 19.4 Å². The minimum absolute atomic E-state index is 0.0204. The minimum atomic E-state index is -3.14. The average molecular weight is 854 g/mol. The fourth-order valence-corrected chi connectivity index (χ4v) is 8.92. The number of amides is 1. The van der Waals surface area contributed by atoms with Crippen LogP contribution in [0.15, 0.2) is 46.1 Å². The quantitative estimate of drug-likeness (QED) is 0.208. The number of esters is 1. The second-order valence-electron chi connectivity index (χ2n) is 17.0. The van der Waals surface area contributed by atoms with Crippen molar-refractivity contribution in [1.82, 2.24) is 4.90 Å². The van der Waals surface area contributed by atoms with Gasteiger partial charge in [0.15, 0.2) is 5.75 Å². The Morgan fingerprint density at radius 3 is 2.36 bits per heavy atom. The molecule has 7 rings (SSSR count). The molecule has 61 heavy (non-hydrogen) atoms. The summed E-state index contributed by atoms with van der Waals surface area (Å²) in [6, 6.07) is 0. The number of phenols is 2. The van der Waals surface area contributed by atoms with Crippen molar-refractivity contribution in [3.63, 3.8) is 0 Å². The fourth-order valence-electron chi connectivity index (χ4n) is 8.92. The summed E-state index contributed by atoms with van der Waals surface area (Å²) in [5.74, 6) is -10.9. The number of benzene rings is 2. The zero-order valence-electron chi connectivity index (χ0n) is 43.0. The van der Waals surface area contributed by atoms with Gasteiger partial charge >= 0.3 is 11.8 Å². The summed E-state index contributed by atoms with van der Waals surface area (Å²) < 4.78 is 80.0. The average Bonchev–Trinajstić information content (AvgIpc) is 3.76. The molecule has 1 amide bonds. The van der Waals surface area contributed by atoms with Crippen molar-refractivity contribution in [3.8, 4) is 17.2 Å². The Kier molecular flexibility index (Phi) is 10.6. The number of phenolic OH excluding ortho intramolecular Hbond substituents is 2. The highest BCUT2D eigenvalue weighted by molar-refractivity contribution is 6.21. The second-order valence-corrected chi connectivity index (χ2v) is 17.0. The van der Waals surface area contributed by atoms with Gasteiger partial charge in [0, 0.05) is 103 Å². The molecule has 1 spiro atoms. The number of anilines is 1. The minimum Gasteiger partial charge on any atom is -0.507 e. The molecule has 5 aliphatic rings. The lowest BCUT2D eigenvalue weighted by Crippen LogP contribution is -2.47. The van der Waals surface area contributed by atoms with Gasteiger partial charge in [-0.25, -0.2) is 4.99 Å². The number of carbonyl (C=O) groups excluding carboxylic acids is 3. The number of allylic oxidation sites excluding steroid dienone is 2. The maximum atomic E-state index is 14.8. The van der Waals surface area contributed by atoms with Crippen molar-refractivity contribution in [2.75, 3.05) is 32.1 Å². The summed E-state index contributed by atoms with van der Waals surface area (Å²) in [4.78, 5) is 52.0. The predicted octanol–water partition coefficient (Wildman–Crippen LogP) is 4.75. The Bertz CT molecular complexity index is 2560. The molecular weight excluding hydrogens is 785 g/mol. The molecule has 9 atom stereocenters. The summed E-state index contributed by atoms with van der Waals surface area (Å²) in [5, 5.41) is 49.7. The topological polar surface area (TPSA) is 209 Å². The zero-order valence-corrected chi connectivity index (χ0v) is 36.0. The van der Waals surface area contributed by atoms with Crippen LogP contribution in [0.2, 0.25) is 0 Å². The standard InChI is InChI=1S/C46H62N4O11/c1-22(2)21-50-18-16-46(17-19-50)48-34-31-32-39(54)28(8)42-33(31)43(56)45(10,61-42)59-20-15-30(58-11)25(5)41(60-29(9)51)27(7)38(53)26(6)37(52)23(3)13-12-14-24(4)44(57)47-36(40(32)55)35(34)49-46/h12-15,20,22-23,25-27,30,37-38,41,48,52-55H,16-19,21H2,1-11H3/b13-12+,20-15+,24-14+,47-36?/t23-,25+,26+,27+,30-,37-,38+,41+,45-/m0/s1/i1D3,2D3,22D. The van der Waals surface area contributed by atoms with E-state index in [1.807, 2.05) is 0 Å². The number of methoxy groups -OCH3 is 1. The number of fused-ring (bicyclic) bond motifs is 13. The van der Waals surface area contributed by atoms with Gasteiger partial charge in [0.1, 0.15) is 34.0 Å². The van der Waals surface area contributed by atoms with Crippen LogP contribution in [0.3, 0.4) is 0 Å². The molecule has 0 unspecified atom stereocenters. The van der Waals surface area contributed by atoms with E-state index in [0.29, 0.717) is 0 Å². The Morgan fingerprint density at radius 2 is 1.72 bits per heavy atom. The number of piperidine rings is 1. The van der Waals surface area contributed by atoms with Gasteiger partial charge in [-0.2, -0.15) is 0 Å². The number of nitrogens with one attached hydrogen (secondary N) is 1. The van der Waals surface area contributed by atoms with E-state index in [2.05, 4.69) is 10.3 Å². The third kappa shape index (κ3) is 8.54. The maximum absolute atomic E-state index is 14.8. The van der Waals surface area contributed by atoms with Gasteiger partial charge in [0.25, 0.3) is 11.7 Å². The highest BCUT2D eigenvalue weighted by Crippen LogP contribution is 2.51. The Labute approximate surface area is 366 Å². The molecule has 5 N–H and O–H groups in total. The van der Waals surface area contributed by atoms with E-state index in [0.717, 1.165) is 0 Å². The van der Waals surface area contributed by atoms with E-state index in [1.54, 1.807) is 44.7 Å². The van der Waals surface area contributed by atoms with Crippen LogP contribution < -0.4 is 20.8 Å². The molecule has 1 fully saturated rings. The molecule has 1 saturated heterocycles. The first-order valence-corrected chi connectivity index (χ1v) is 20.5. The number of hydrogen-bond acceptors (Lipinski definition) is 14. The molecule has 5 heterocycles. The van der Waals surface area contributed by atoms with Crippen molar-refractivity contribution in [1.29, 1.82) is 0 Å². The van der Waals surface area contributed by atoms with Gasteiger partial charge < -0.3 is 49.6 Å². The molecule has 0 aliphatic carbocycles. The Hall–Kier alpha value is -4.83. The van der Waals surface area contributed by atoms with Crippen molar-refractivity contribution >= 4 is 34.1 Å². The third-order valence-electron chi connectivity index (χ3n) is 12.7. The monoisotopic (exact) mass is 853 g/mol. The van der Waals surface area contributed by atoms with Crippen molar-refractivity contribution in [2.24, 2.45) is 39.6 Å². The maximum Gasteiger partial charge on any atom is 0.312 e. The van der Waals surface area contributed by atoms with Gasteiger partial charge in [0.2, 0.25) is 0 Å². The number of aliphatic hydroxyl groups is 2. The van der Waals surface area contributed by atoms with Crippen LogP contribution in [0, 0.1) is 36.5 Å². The molecule has 2 aromatic carbocycles. The lowest BCUT2D eigenvalue weighted by molar-refractivity contribution is -0.160. The second kappa shape index (κ2) is 17.5. The molecule has 15 nitrogen and oxygen atoms in total. The Balaban J connectivity index is 1.53. The molecule has 332 valence electrons. The number of likely N-dealkylation sites (tertiary alicyclic amines) is 1. The summed E-state index contributed by atoms with van der Waals surface area (Å²) in [6.45, 7) is 5.62. The number of rotatable bonds is 4. The number of hydrogen-bond donors (Lipinski definition) is 5. The number of aliphatic hydroxyl groups excluding tert-OH is 2. The number of ether oxygens (including phenoxy) is 4. The summed E-state index contributed by atoms with van der Waals surface area (Å²) in [6.07, 6.45) is 3.48. The SMILES string of the molecule is [2H]C([2H])([2H])C([2H])(CN1CCC2(CC1)N=c1c(c3c4c5c(C)c(O)c3c(O)c1=NC(=O)/C(C)=C/C=C/[C@H](C)[C@H](O)[C@@H](C)[C@@H](O)[C@@H](C)[C@H](OC(C)=O)[C@H](C)[C@@H](OC)/C=C/O[C@@](C)(O5)C4=O)N2)C([2H])([2H])[2H]. The lowest BCUT2D eigenvalue weighted by Gasteiger charge is -2.38. The molecule has 0 aromatic heterocycles. The lowest BCUT2D eigenvalue weighted by atomic mass is 9.78. The van der Waals surface area contributed by atoms with Crippen LogP contribution in [0.25, 0.3) is 10.8 Å². The smallest absolute Gasteiger partial charge is 0.312 e. The fraction of sp³-hybridized carbons (Fsp3) is 0.587. The number of carbonyl (C=O) groups is 3. The van der Waals surface area contributed by atoms with E-state index < -0.39 is 115 Å². The van der Waals surface area contributed by atoms with E-state index in [1.165, 1.54) is 53.2 Å². The largest absolute Gasteiger partial charge is 0.507 e. The number of nitrogens with zero attached hydrogens (tertiary/aromatic N) is 3. The van der Waals surface area contributed by atoms with Crippen molar-refractivity contribution in [3.05, 3.63) is 58.0 Å². The van der Waals surface area contributed by atoms with Gasteiger partial charge in [-0.05, 0) is 25.8 Å². The third-order valence-corrected chi connectivity index (χ3v) is 12.7. The first kappa shape index (κ1) is 36.8. The van der Waals surface area contributed by atoms with E-state index in [9.17, 15) is 34.8 Å². The predicted molar refractivity (Wildman–Crippen MR) is 228 cm³/mol. The molecule has 5 aliphatic heterocycles. The van der Waals surface area contributed by atoms with Crippen LogP contribution >= 0.6 is 0 Å². The van der Waals surface area contributed by atoms with Gasteiger partial charge in [-0.1, -0.05) is 59.6 Å². The first-order chi connectivity index (χ1) is 31.4. The highest BCUT2D eigenvalue weighted by atomic mass is 16.7. The zero-order chi connectivity index (χ0) is 50.8.